The molecule has 0 aliphatic carbocycles. The van der Waals surface area contributed by atoms with Crippen LogP contribution in [0.5, 0.6) is 5.88 Å². The fourth-order valence-corrected chi connectivity index (χ4v) is 2.69. The molecule has 2 heterocycles. The largest absolute Gasteiger partial charge is 0.494 e. The van der Waals surface area contributed by atoms with Crippen molar-refractivity contribution in [2.45, 2.75) is 13.8 Å². The van der Waals surface area contributed by atoms with Gasteiger partial charge in [0.05, 0.1) is 11.1 Å². The smallest absolute Gasteiger partial charge is 0.230 e. The van der Waals surface area contributed by atoms with E-state index in [4.69, 9.17) is 0 Å². The van der Waals surface area contributed by atoms with Crippen molar-refractivity contribution in [2.75, 3.05) is 0 Å². The summed E-state index contributed by atoms with van der Waals surface area (Å²) in [6.45, 7) is 2.70. The lowest BCUT2D eigenvalue weighted by Gasteiger charge is -2.02. The molecule has 2 aromatic heterocycles. The summed E-state index contributed by atoms with van der Waals surface area (Å²) in [5, 5.41) is 10.8. The highest BCUT2D eigenvalue weighted by molar-refractivity contribution is 6.20. The average molecular weight is 322 g/mol. The summed E-state index contributed by atoms with van der Waals surface area (Å²) in [6.07, 6.45) is 2.94. The quantitative estimate of drug-likeness (QED) is 0.749. The number of pyridine rings is 1. The maximum atomic E-state index is 12.8. The van der Waals surface area contributed by atoms with Crippen LogP contribution in [0.25, 0.3) is 10.9 Å². The molecule has 3 aromatic rings. The lowest BCUT2D eigenvalue weighted by molar-refractivity contribution is 0.0932. The van der Waals surface area contributed by atoms with Crippen molar-refractivity contribution in [3.63, 3.8) is 0 Å². The van der Waals surface area contributed by atoms with E-state index in [-0.39, 0.29) is 11.3 Å². The van der Waals surface area contributed by atoms with Crippen molar-refractivity contribution in [3.05, 3.63) is 59.4 Å². The Morgan fingerprint density at radius 2 is 1.67 bits per heavy atom. The number of hydrogen-bond donors (Lipinski definition) is 1. The highest BCUT2D eigenvalue weighted by atomic mass is 16.3. The molecule has 1 aromatic carbocycles. The topological polar surface area (TPSA) is 89.3 Å². The Bertz CT molecular complexity index is 987. The molecule has 0 saturated heterocycles. The van der Waals surface area contributed by atoms with Gasteiger partial charge in [-0.15, -0.1) is 0 Å². The number of fused-ring (bicyclic) bond motifs is 1. The molecule has 0 radical (unpaired) electrons. The highest BCUT2D eigenvalue weighted by Gasteiger charge is 2.25. The number of rotatable bonds is 3. The normalized spacial score (nSPS) is 10.8. The third kappa shape index (κ3) is 2.38. The number of benzene rings is 1. The van der Waals surface area contributed by atoms with E-state index in [0.29, 0.717) is 22.0 Å². The number of aromatic nitrogens is 2. The molecule has 1 N–H and O–H groups in total. The Kier molecular flexibility index (Phi) is 3.73. The van der Waals surface area contributed by atoms with Crippen LogP contribution in [0, 0.1) is 0 Å². The van der Waals surface area contributed by atoms with Crippen LogP contribution in [0.2, 0.25) is 0 Å². The first kappa shape index (κ1) is 15.6. The molecular weight excluding hydrogens is 308 g/mol. The van der Waals surface area contributed by atoms with Gasteiger partial charge in [0.15, 0.2) is 11.6 Å². The van der Waals surface area contributed by atoms with E-state index >= 15 is 0 Å². The van der Waals surface area contributed by atoms with Crippen LogP contribution in [-0.2, 0) is 0 Å². The summed E-state index contributed by atoms with van der Waals surface area (Å²) >= 11 is 0. The molecule has 0 unspecified atom stereocenters. The Hall–Kier alpha value is -3.28. The van der Waals surface area contributed by atoms with E-state index in [1.54, 1.807) is 12.1 Å². The van der Waals surface area contributed by atoms with Crippen LogP contribution in [0.3, 0.4) is 0 Å². The molecule has 0 aliphatic heterocycles. The first-order chi connectivity index (χ1) is 11.4. The number of nitrogens with zero attached hydrogens (tertiary/aromatic N) is 2. The van der Waals surface area contributed by atoms with Crippen molar-refractivity contribution >= 4 is 28.4 Å². The number of carbonyl (C=O) groups is 3. The van der Waals surface area contributed by atoms with E-state index in [1.807, 2.05) is 0 Å². The van der Waals surface area contributed by atoms with Gasteiger partial charge in [0.2, 0.25) is 11.8 Å². The number of aromatic hydroxyl groups is 1. The van der Waals surface area contributed by atoms with Gasteiger partial charge in [-0.05, 0) is 37.3 Å². The lowest BCUT2D eigenvalue weighted by atomic mass is 10.0. The van der Waals surface area contributed by atoms with Crippen LogP contribution < -0.4 is 0 Å². The molecule has 0 bridgehead atoms. The minimum Gasteiger partial charge on any atom is -0.494 e. The first-order valence-corrected chi connectivity index (χ1v) is 7.26. The van der Waals surface area contributed by atoms with Crippen molar-refractivity contribution in [3.8, 4) is 5.88 Å². The fraction of sp³-hybridized carbons (Fsp3) is 0.111. The Balaban J connectivity index is 2.35. The van der Waals surface area contributed by atoms with Gasteiger partial charge in [-0.3, -0.25) is 23.9 Å². The summed E-state index contributed by atoms with van der Waals surface area (Å²) < 4.78 is 1.06. The van der Waals surface area contributed by atoms with E-state index in [0.717, 1.165) is 4.57 Å². The first-order valence-electron chi connectivity index (χ1n) is 7.26. The SMILES string of the molecule is CC(=O)c1ccc2c(c1)c(C(=O)c1ccncc1)c(O)n2C(C)=O. The van der Waals surface area contributed by atoms with Gasteiger partial charge in [0.1, 0.15) is 0 Å². The molecule has 6 heteroatoms. The van der Waals surface area contributed by atoms with E-state index in [1.165, 1.54) is 44.4 Å². The summed E-state index contributed by atoms with van der Waals surface area (Å²) in [5.41, 5.74) is 1.10. The number of Topliss-reactive ketones (excluding diaryl/α,β-unsaturated/α-hetero) is 1. The number of ketones is 2. The van der Waals surface area contributed by atoms with Gasteiger partial charge in [-0.2, -0.15) is 0 Å². The van der Waals surface area contributed by atoms with Crippen molar-refractivity contribution in [1.82, 2.24) is 9.55 Å². The molecule has 6 nitrogen and oxygen atoms in total. The highest BCUT2D eigenvalue weighted by Crippen LogP contribution is 2.33. The molecule has 0 saturated carbocycles. The summed E-state index contributed by atoms with van der Waals surface area (Å²) in [7, 11) is 0. The molecule has 0 aliphatic rings. The average Bonchev–Trinajstić information content (AvgIpc) is 2.86. The number of hydrogen-bond acceptors (Lipinski definition) is 5. The Morgan fingerprint density at radius 1 is 1.00 bits per heavy atom. The van der Waals surface area contributed by atoms with Gasteiger partial charge in [-0.1, -0.05) is 0 Å². The van der Waals surface area contributed by atoms with Crippen LogP contribution in [0.15, 0.2) is 42.7 Å². The predicted octanol–water partition coefficient (Wildman–Crippen LogP) is 2.84. The van der Waals surface area contributed by atoms with Crippen molar-refractivity contribution in [1.29, 1.82) is 0 Å². The number of carbonyl (C=O) groups excluding carboxylic acids is 3. The molecule has 3 rings (SSSR count). The van der Waals surface area contributed by atoms with Crippen LogP contribution in [0.1, 0.15) is 44.9 Å². The fourth-order valence-electron chi connectivity index (χ4n) is 2.69. The molecule has 120 valence electrons. The third-order valence-corrected chi connectivity index (χ3v) is 3.83. The van der Waals surface area contributed by atoms with E-state index in [2.05, 4.69) is 4.98 Å². The zero-order valence-electron chi connectivity index (χ0n) is 13.1. The van der Waals surface area contributed by atoms with E-state index < -0.39 is 17.6 Å². The van der Waals surface area contributed by atoms with Crippen molar-refractivity contribution < 1.29 is 19.5 Å². The molecule has 0 amide bonds. The summed E-state index contributed by atoms with van der Waals surface area (Å²) in [5.74, 6) is -1.48. The maximum Gasteiger partial charge on any atom is 0.230 e. The minimum absolute atomic E-state index is 0.00509. The second-order valence-electron chi connectivity index (χ2n) is 5.41. The van der Waals surface area contributed by atoms with Crippen molar-refractivity contribution in [2.24, 2.45) is 0 Å². The van der Waals surface area contributed by atoms with Gasteiger partial charge in [0, 0.05) is 35.8 Å². The maximum absolute atomic E-state index is 12.8. The van der Waals surface area contributed by atoms with Gasteiger partial charge in [-0.25, -0.2) is 0 Å². The third-order valence-electron chi connectivity index (χ3n) is 3.83. The Morgan fingerprint density at radius 3 is 2.25 bits per heavy atom. The summed E-state index contributed by atoms with van der Waals surface area (Å²) in [4.78, 5) is 40.2. The standard InChI is InChI=1S/C18H14N2O4/c1-10(21)13-3-4-15-14(9-13)16(18(24)20(15)11(2)22)17(23)12-5-7-19-8-6-12/h3-9,24H,1-2H3. The zero-order chi connectivity index (χ0) is 17.4. The summed E-state index contributed by atoms with van der Waals surface area (Å²) in [6, 6.07) is 7.67. The van der Waals surface area contributed by atoms with Gasteiger partial charge in [0.25, 0.3) is 0 Å². The van der Waals surface area contributed by atoms with Crippen LogP contribution in [0.4, 0.5) is 0 Å². The van der Waals surface area contributed by atoms with Gasteiger partial charge >= 0.3 is 0 Å². The van der Waals surface area contributed by atoms with E-state index in [9.17, 15) is 19.5 Å². The zero-order valence-corrected chi connectivity index (χ0v) is 13.1. The minimum atomic E-state index is -0.444. The molecule has 0 spiro atoms. The molecule has 0 fully saturated rings. The second-order valence-corrected chi connectivity index (χ2v) is 5.41. The molecule has 0 atom stereocenters. The lowest BCUT2D eigenvalue weighted by Crippen LogP contribution is -2.06. The Labute approximate surface area is 137 Å². The van der Waals surface area contributed by atoms with Gasteiger partial charge < -0.3 is 5.11 Å². The predicted molar refractivity (Wildman–Crippen MR) is 87.6 cm³/mol. The molecule has 24 heavy (non-hydrogen) atoms. The second kappa shape index (κ2) is 5.73. The molecular formula is C18H14N2O4. The van der Waals surface area contributed by atoms with Crippen LogP contribution in [-0.4, -0.2) is 32.1 Å². The van der Waals surface area contributed by atoms with Crippen LogP contribution >= 0.6 is 0 Å². The monoisotopic (exact) mass is 322 g/mol.